The van der Waals surface area contributed by atoms with Gasteiger partial charge in [0.2, 0.25) is 0 Å². The molecule has 0 spiro atoms. The molecule has 21 heavy (non-hydrogen) atoms. The predicted molar refractivity (Wildman–Crippen MR) is 87.9 cm³/mol. The Balaban J connectivity index is 1.94. The van der Waals surface area contributed by atoms with Gasteiger partial charge in [-0.3, -0.25) is 4.98 Å². The first-order chi connectivity index (χ1) is 10.2. The van der Waals surface area contributed by atoms with Gasteiger partial charge in [-0.25, -0.2) is 9.97 Å². The number of hydrogen-bond acceptors (Lipinski definition) is 4. The van der Waals surface area contributed by atoms with E-state index in [1.807, 2.05) is 43.3 Å². The first-order valence-electron chi connectivity index (χ1n) is 6.49. The maximum atomic E-state index is 6.29. The molecule has 0 bridgehead atoms. The maximum absolute atomic E-state index is 6.29. The van der Waals surface area contributed by atoms with Crippen molar-refractivity contribution in [3.63, 3.8) is 0 Å². The fraction of sp³-hybridized carbons (Fsp3) is 0.0625. The zero-order chi connectivity index (χ0) is 14.4. The normalized spacial score (nSPS) is 11.3. The molecule has 102 valence electrons. The van der Waals surface area contributed by atoms with E-state index in [4.69, 9.17) is 11.6 Å². The summed E-state index contributed by atoms with van der Waals surface area (Å²) in [4.78, 5) is 15.5. The number of thiophene rings is 1. The summed E-state index contributed by atoms with van der Waals surface area (Å²) in [6.07, 6.45) is 1.79. The van der Waals surface area contributed by atoms with Crippen LogP contribution in [0.4, 0.5) is 0 Å². The van der Waals surface area contributed by atoms with E-state index in [1.54, 1.807) is 17.5 Å². The molecule has 0 saturated carbocycles. The molecule has 0 radical (unpaired) electrons. The van der Waals surface area contributed by atoms with Crippen LogP contribution >= 0.6 is 22.9 Å². The molecule has 0 aliphatic heterocycles. The van der Waals surface area contributed by atoms with Gasteiger partial charge < -0.3 is 0 Å². The van der Waals surface area contributed by atoms with Crippen LogP contribution in [0.5, 0.6) is 0 Å². The summed E-state index contributed by atoms with van der Waals surface area (Å²) < 4.78 is 0. The molecule has 0 unspecified atom stereocenters. The van der Waals surface area contributed by atoms with Crippen molar-refractivity contribution in [3.05, 3.63) is 52.6 Å². The molecular weight excluding hydrogens is 302 g/mol. The third kappa shape index (κ3) is 2.17. The van der Waals surface area contributed by atoms with Crippen LogP contribution in [-0.4, -0.2) is 15.0 Å². The minimum Gasteiger partial charge on any atom is -0.256 e. The summed E-state index contributed by atoms with van der Waals surface area (Å²) >= 11 is 7.92. The van der Waals surface area contributed by atoms with E-state index in [0.717, 1.165) is 26.7 Å². The molecule has 4 rings (SSSR count). The van der Waals surface area contributed by atoms with Crippen LogP contribution in [0.3, 0.4) is 0 Å². The zero-order valence-electron chi connectivity index (χ0n) is 11.2. The molecule has 0 amide bonds. The highest BCUT2D eigenvalue weighted by Crippen LogP contribution is 2.31. The smallest absolute Gasteiger partial charge is 0.162 e. The van der Waals surface area contributed by atoms with Crippen molar-refractivity contribution >= 4 is 44.1 Å². The van der Waals surface area contributed by atoms with Crippen LogP contribution in [0.25, 0.3) is 32.5 Å². The standard InChI is InChI=1S/C16H10ClN3S/c1-9-7-12-14(17)19-15(20-16(12)21-9)11-4-5-13-10(8-11)3-2-6-18-13/h2-8H,1H3. The van der Waals surface area contributed by atoms with Crippen molar-refractivity contribution in [2.24, 2.45) is 0 Å². The molecule has 3 aromatic heterocycles. The third-order valence-corrected chi connectivity index (χ3v) is 4.56. The topological polar surface area (TPSA) is 38.7 Å². The number of nitrogens with zero attached hydrogens (tertiary/aromatic N) is 3. The minimum absolute atomic E-state index is 0.505. The molecule has 0 atom stereocenters. The average Bonchev–Trinajstić information content (AvgIpc) is 2.88. The quantitative estimate of drug-likeness (QED) is 0.471. The van der Waals surface area contributed by atoms with Crippen molar-refractivity contribution in [3.8, 4) is 11.4 Å². The van der Waals surface area contributed by atoms with Crippen LogP contribution in [0.15, 0.2) is 42.6 Å². The fourth-order valence-corrected chi connectivity index (χ4v) is 3.51. The Bertz CT molecular complexity index is 978. The lowest BCUT2D eigenvalue weighted by molar-refractivity contribution is 1.24. The second-order valence-electron chi connectivity index (χ2n) is 4.82. The summed E-state index contributed by atoms with van der Waals surface area (Å²) in [6, 6.07) is 12.0. The van der Waals surface area contributed by atoms with Gasteiger partial charge in [0.15, 0.2) is 5.82 Å². The van der Waals surface area contributed by atoms with Gasteiger partial charge in [-0.15, -0.1) is 11.3 Å². The van der Waals surface area contributed by atoms with Gasteiger partial charge in [0.05, 0.1) is 5.52 Å². The summed E-state index contributed by atoms with van der Waals surface area (Å²) in [6.45, 7) is 2.05. The van der Waals surface area contributed by atoms with Crippen molar-refractivity contribution < 1.29 is 0 Å². The Hall–Kier alpha value is -2.04. The molecule has 0 N–H and O–H groups in total. The number of pyridine rings is 1. The Morgan fingerprint density at radius 3 is 2.90 bits per heavy atom. The summed E-state index contributed by atoms with van der Waals surface area (Å²) in [5, 5.41) is 2.49. The minimum atomic E-state index is 0.505. The second kappa shape index (κ2) is 4.76. The van der Waals surface area contributed by atoms with Crippen LogP contribution in [-0.2, 0) is 0 Å². The largest absolute Gasteiger partial charge is 0.256 e. The van der Waals surface area contributed by atoms with Crippen LogP contribution in [0.2, 0.25) is 5.15 Å². The Morgan fingerprint density at radius 2 is 2.00 bits per heavy atom. The number of aryl methyl sites for hydroxylation is 1. The predicted octanol–water partition coefficient (Wildman–Crippen LogP) is 4.87. The summed E-state index contributed by atoms with van der Waals surface area (Å²) in [5.41, 5.74) is 1.91. The molecule has 4 aromatic rings. The van der Waals surface area contributed by atoms with E-state index in [9.17, 15) is 0 Å². The second-order valence-corrected chi connectivity index (χ2v) is 6.42. The Labute approximate surface area is 130 Å². The number of hydrogen-bond donors (Lipinski definition) is 0. The molecule has 1 aromatic carbocycles. The number of rotatable bonds is 1. The van der Waals surface area contributed by atoms with Gasteiger partial charge in [-0.1, -0.05) is 17.7 Å². The van der Waals surface area contributed by atoms with Gasteiger partial charge >= 0.3 is 0 Å². The van der Waals surface area contributed by atoms with Crippen LogP contribution in [0, 0.1) is 6.92 Å². The number of halogens is 1. The molecule has 5 heteroatoms. The van der Waals surface area contributed by atoms with Crippen LogP contribution in [0.1, 0.15) is 4.88 Å². The van der Waals surface area contributed by atoms with Crippen LogP contribution < -0.4 is 0 Å². The molecule has 0 aliphatic rings. The average molecular weight is 312 g/mol. The van der Waals surface area contributed by atoms with E-state index in [2.05, 4.69) is 15.0 Å². The Morgan fingerprint density at radius 1 is 1.10 bits per heavy atom. The van der Waals surface area contributed by atoms with Gasteiger partial charge in [0.1, 0.15) is 9.98 Å². The van der Waals surface area contributed by atoms with Gasteiger partial charge in [-0.05, 0) is 37.3 Å². The van der Waals surface area contributed by atoms with Crippen molar-refractivity contribution in [1.29, 1.82) is 0 Å². The fourth-order valence-electron chi connectivity index (χ4n) is 2.35. The number of fused-ring (bicyclic) bond motifs is 2. The van der Waals surface area contributed by atoms with Gasteiger partial charge in [0.25, 0.3) is 0 Å². The van der Waals surface area contributed by atoms with Crippen molar-refractivity contribution in [2.75, 3.05) is 0 Å². The lowest BCUT2D eigenvalue weighted by atomic mass is 10.1. The SMILES string of the molecule is Cc1cc2c(Cl)nc(-c3ccc4ncccc4c3)nc2s1. The summed E-state index contributed by atoms with van der Waals surface area (Å²) in [7, 11) is 0. The van der Waals surface area contributed by atoms with E-state index in [0.29, 0.717) is 11.0 Å². The first-order valence-corrected chi connectivity index (χ1v) is 7.69. The number of aromatic nitrogens is 3. The lowest BCUT2D eigenvalue weighted by Gasteiger charge is -2.03. The molecule has 3 nitrogen and oxygen atoms in total. The highest BCUT2D eigenvalue weighted by molar-refractivity contribution is 7.18. The maximum Gasteiger partial charge on any atom is 0.162 e. The molecular formula is C16H10ClN3S. The number of benzene rings is 1. The monoisotopic (exact) mass is 311 g/mol. The highest BCUT2D eigenvalue weighted by atomic mass is 35.5. The van der Waals surface area contributed by atoms with Gasteiger partial charge in [-0.2, -0.15) is 0 Å². The zero-order valence-corrected chi connectivity index (χ0v) is 12.7. The third-order valence-electron chi connectivity index (χ3n) is 3.33. The molecule has 0 fully saturated rings. The van der Waals surface area contributed by atoms with Crippen molar-refractivity contribution in [2.45, 2.75) is 6.92 Å². The van der Waals surface area contributed by atoms with E-state index in [-0.39, 0.29) is 0 Å². The molecule has 0 saturated heterocycles. The Kier molecular flexibility index (Phi) is 2.87. The summed E-state index contributed by atoms with van der Waals surface area (Å²) in [5.74, 6) is 0.653. The van der Waals surface area contributed by atoms with Gasteiger partial charge in [0, 0.05) is 27.4 Å². The van der Waals surface area contributed by atoms with E-state index >= 15 is 0 Å². The van der Waals surface area contributed by atoms with E-state index < -0.39 is 0 Å². The van der Waals surface area contributed by atoms with E-state index in [1.165, 1.54) is 4.88 Å². The first kappa shape index (κ1) is 12.7. The molecule has 3 heterocycles. The lowest BCUT2D eigenvalue weighted by Crippen LogP contribution is -1.90. The molecule has 0 aliphatic carbocycles. The highest BCUT2D eigenvalue weighted by Gasteiger charge is 2.10. The van der Waals surface area contributed by atoms with Crippen molar-refractivity contribution in [1.82, 2.24) is 15.0 Å².